The van der Waals surface area contributed by atoms with Gasteiger partial charge in [-0.25, -0.2) is 8.42 Å². The van der Waals surface area contributed by atoms with Crippen LogP contribution in [0, 0.1) is 0 Å². The first-order valence-electron chi connectivity index (χ1n) is 9.38. The molecule has 0 fully saturated rings. The van der Waals surface area contributed by atoms with Crippen molar-refractivity contribution >= 4 is 50.5 Å². The van der Waals surface area contributed by atoms with E-state index in [1.807, 2.05) is 0 Å². The minimum absolute atomic E-state index is 0.0508. The van der Waals surface area contributed by atoms with Gasteiger partial charge in [-0.2, -0.15) is 0 Å². The van der Waals surface area contributed by atoms with Gasteiger partial charge in [0.2, 0.25) is 5.91 Å². The number of para-hydroxylation sites is 2. The number of benzene rings is 3. The number of hydrogen-bond donors (Lipinski definition) is 1. The Morgan fingerprint density at radius 3 is 2.35 bits per heavy atom. The average molecular weight is 479 g/mol. The maximum absolute atomic E-state index is 13.4. The first-order valence-corrected chi connectivity index (χ1v) is 11.6. The lowest BCUT2D eigenvalue weighted by molar-refractivity contribution is -0.114. The number of carbonyl (C=O) groups is 1. The minimum atomic E-state index is -4.07. The zero-order valence-electron chi connectivity index (χ0n) is 16.6. The van der Waals surface area contributed by atoms with E-state index in [1.165, 1.54) is 12.1 Å². The summed E-state index contributed by atoms with van der Waals surface area (Å²) >= 11 is 12.1. The van der Waals surface area contributed by atoms with E-state index >= 15 is 0 Å². The summed E-state index contributed by atoms with van der Waals surface area (Å²) in [7, 11) is -4.07. The summed E-state index contributed by atoms with van der Waals surface area (Å²) < 4.78 is 33.5. The van der Waals surface area contributed by atoms with Crippen molar-refractivity contribution in [3.8, 4) is 5.75 Å². The van der Waals surface area contributed by atoms with Crippen molar-refractivity contribution in [1.29, 1.82) is 0 Å². The number of amides is 1. The number of halogens is 2. The molecule has 1 amide bonds. The Kier molecular flexibility index (Phi) is 7.43. The predicted octanol–water partition coefficient (Wildman–Crippen LogP) is 5.23. The molecule has 0 bridgehead atoms. The first kappa shape index (κ1) is 22.9. The van der Waals surface area contributed by atoms with E-state index < -0.39 is 22.5 Å². The van der Waals surface area contributed by atoms with Crippen LogP contribution >= 0.6 is 23.2 Å². The maximum atomic E-state index is 13.4. The number of hydrogen-bond acceptors (Lipinski definition) is 4. The van der Waals surface area contributed by atoms with Gasteiger partial charge in [-0.05, 0) is 43.3 Å². The summed E-state index contributed by atoms with van der Waals surface area (Å²) in [6.45, 7) is 1.63. The molecule has 0 heterocycles. The molecule has 162 valence electrons. The molecule has 6 nitrogen and oxygen atoms in total. The molecule has 3 aromatic carbocycles. The summed E-state index contributed by atoms with van der Waals surface area (Å²) in [5, 5.41) is 3.07. The number of nitrogens with zero attached hydrogens (tertiary/aromatic N) is 1. The van der Waals surface area contributed by atoms with Gasteiger partial charge in [0.15, 0.2) is 0 Å². The molecule has 0 unspecified atom stereocenters. The molecule has 0 atom stereocenters. The van der Waals surface area contributed by atoms with Crippen LogP contribution in [0.2, 0.25) is 10.0 Å². The summed E-state index contributed by atoms with van der Waals surface area (Å²) in [5.41, 5.74) is 0.537. The summed E-state index contributed by atoms with van der Waals surface area (Å²) in [5.74, 6) is -0.243. The van der Waals surface area contributed by atoms with E-state index in [-0.39, 0.29) is 26.3 Å². The van der Waals surface area contributed by atoms with Crippen molar-refractivity contribution in [2.45, 2.75) is 11.8 Å². The van der Waals surface area contributed by atoms with Crippen molar-refractivity contribution in [2.24, 2.45) is 0 Å². The van der Waals surface area contributed by atoms with Crippen LogP contribution in [0.4, 0.5) is 11.4 Å². The Bertz CT molecular complexity index is 1170. The van der Waals surface area contributed by atoms with E-state index in [2.05, 4.69) is 5.32 Å². The van der Waals surface area contributed by atoms with Gasteiger partial charge in [-0.1, -0.05) is 59.6 Å². The third-order valence-corrected chi connectivity index (χ3v) is 6.87. The molecule has 3 rings (SSSR count). The molecule has 0 aliphatic rings. The molecular weight excluding hydrogens is 459 g/mol. The molecule has 0 aromatic heterocycles. The lowest BCUT2D eigenvalue weighted by atomic mass is 10.3. The quantitative estimate of drug-likeness (QED) is 0.480. The second kappa shape index (κ2) is 10.0. The highest BCUT2D eigenvalue weighted by Crippen LogP contribution is 2.33. The highest BCUT2D eigenvalue weighted by molar-refractivity contribution is 7.92. The lowest BCUT2D eigenvalue weighted by Gasteiger charge is -2.26. The van der Waals surface area contributed by atoms with Crippen LogP contribution in [0.1, 0.15) is 6.92 Å². The fourth-order valence-electron chi connectivity index (χ4n) is 2.88. The Morgan fingerprint density at radius 2 is 1.65 bits per heavy atom. The van der Waals surface area contributed by atoms with Crippen LogP contribution in [0.15, 0.2) is 77.7 Å². The molecule has 0 saturated carbocycles. The van der Waals surface area contributed by atoms with Crippen molar-refractivity contribution in [1.82, 2.24) is 0 Å². The van der Waals surface area contributed by atoms with Crippen molar-refractivity contribution in [3.63, 3.8) is 0 Å². The fourth-order valence-corrected chi connectivity index (χ4v) is 4.68. The minimum Gasteiger partial charge on any atom is -0.492 e. The summed E-state index contributed by atoms with van der Waals surface area (Å²) in [6, 6.07) is 19.3. The number of ether oxygens (including phenoxy) is 1. The molecular formula is C22H20Cl2N2O4S. The second-order valence-electron chi connectivity index (χ2n) is 6.38. The van der Waals surface area contributed by atoms with E-state index in [0.29, 0.717) is 12.4 Å². The Labute approximate surface area is 191 Å². The number of anilines is 2. The van der Waals surface area contributed by atoms with E-state index in [0.717, 1.165) is 4.31 Å². The van der Waals surface area contributed by atoms with Gasteiger partial charge in [0.25, 0.3) is 10.0 Å². The molecule has 0 aliphatic carbocycles. The molecule has 0 spiro atoms. The SMILES string of the molecule is CCOc1ccccc1N(CC(=O)Nc1cccc(Cl)c1Cl)S(=O)(=O)c1ccccc1. The average Bonchev–Trinajstić information content (AvgIpc) is 2.76. The van der Waals surface area contributed by atoms with Crippen LogP contribution in [0.25, 0.3) is 0 Å². The van der Waals surface area contributed by atoms with Crippen LogP contribution in [-0.4, -0.2) is 27.5 Å². The number of rotatable bonds is 8. The van der Waals surface area contributed by atoms with Crippen molar-refractivity contribution in [2.75, 3.05) is 22.8 Å². The highest BCUT2D eigenvalue weighted by Gasteiger charge is 2.29. The Balaban J connectivity index is 2.01. The third kappa shape index (κ3) is 5.31. The molecule has 1 N–H and O–H groups in total. The smallest absolute Gasteiger partial charge is 0.264 e. The highest BCUT2D eigenvalue weighted by atomic mass is 35.5. The van der Waals surface area contributed by atoms with Crippen LogP contribution < -0.4 is 14.4 Å². The predicted molar refractivity (Wildman–Crippen MR) is 124 cm³/mol. The Morgan fingerprint density at radius 1 is 0.968 bits per heavy atom. The van der Waals surface area contributed by atoms with E-state index in [9.17, 15) is 13.2 Å². The molecule has 0 aliphatic heterocycles. The van der Waals surface area contributed by atoms with Crippen LogP contribution in [-0.2, 0) is 14.8 Å². The van der Waals surface area contributed by atoms with E-state index in [1.54, 1.807) is 67.6 Å². The lowest BCUT2D eigenvalue weighted by Crippen LogP contribution is -2.38. The maximum Gasteiger partial charge on any atom is 0.264 e. The van der Waals surface area contributed by atoms with Gasteiger partial charge in [0, 0.05) is 0 Å². The zero-order valence-corrected chi connectivity index (χ0v) is 18.9. The fraction of sp³-hybridized carbons (Fsp3) is 0.136. The van der Waals surface area contributed by atoms with Gasteiger partial charge in [0.1, 0.15) is 12.3 Å². The van der Waals surface area contributed by atoms with Crippen LogP contribution in [0.5, 0.6) is 5.75 Å². The van der Waals surface area contributed by atoms with Gasteiger partial charge < -0.3 is 10.1 Å². The molecule has 0 saturated heterocycles. The Hall–Kier alpha value is -2.74. The number of carbonyl (C=O) groups excluding carboxylic acids is 1. The monoisotopic (exact) mass is 478 g/mol. The standard InChI is InChI=1S/C22H20Cl2N2O4S/c1-2-30-20-14-7-6-13-19(20)26(31(28,29)16-9-4-3-5-10-16)15-21(27)25-18-12-8-11-17(23)22(18)24/h3-14H,2,15H2,1H3,(H,25,27). The van der Waals surface area contributed by atoms with Gasteiger partial charge in [-0.15, -0.1) is 0 Å². The first-order chi connectivity index (χ1) is 14.8. The molecule has 31 heavy (non-hydrogen) atoms. The van der Waals surface area contributed by atoms with Gasteiger partial charge in [0.05, 0.1) is 32.9 Å². The second-order valence-corrected chi connectivity index (χ2v) is 9.02. The largest absolute Gasteiger partial charge is 0.492 e. The molecule has 9 heteroatoms. The summed E-state index contributed by atoms with van der Waals surface area (Å²) in [6.07, 6.45) is 0. The number of nitrogens with one attached hydrogen (secondary N) is 1. The van der Waals surface area contributed by atoms with Gasteiger partial charge in [-0.3, -0.25) is 9.10 Å². The molecule has 0 radical (unpaired) electrons. The van der Waals surface area contributed by atoms with Crippen molar-refractivity contribution < 1.29 is 17.9 Å². The zero-order chi connectivity index (χ0) is 22.4. The third-order valence-electron chi connectivity index (χ3n) is 4.28. The van der Waals surface area contributed by atoms with E-state index in [4.69, 9.17) is 27.9 Å². The topological polar surface area (TPSA) is 75.7 Å². The van der Waals surface area contributed by atoms with Crippen molar-refractivity contribution in [3.05, 3.63) is 82.8 Å². The normalized spacial score (nSPS) is 11.1. The molecule has 3 aromatic rings. The van der Waals surface area contributed by atoms with Crippen LogP contribution in [0.3, 0.4) is 0 Å². The number of sulfonamides is 1. The summed E-state index contributed by atoms with van der Waals surface area (Å²) in [4.78, 5) is 12.9. The van der Waals surface area contributed by atoms with Gasteiger partial charge >= 0.3 is 0 Å².